The van der Waals surface area contributed by atoms with Gasteiger partial charge < -0.3 is 14.8 Å². The number of carbonyl (C=O) groups excluding carboxylic acids is 1. The SMILES string of the molecule is O=C(NC[C@@](O)(c1ccco1)c1cccs1)c1nc2ccccc2s1. The summed E-state index contributed by atoms with van der Waals surface area (Å²) in [6, 6.07) is 14.7. The van der Waals surface area contributed by atoms with Crippen LogP contribution in [0.1, 0.15) is 20.4 Å². The van der Waals surface area contributed by atoms with Gasteiger partial charge >= 0.3 is 0 Å². The largest absolute Gasteiger partial charge is 0.466 e. The molecule has 1 amide bonds. The summed E-state index contributed by atoms with van der Waals surface area (Å²) in [6.45, 7) is -0.00418. The zero-order chi connectivity index (χ0) is 17.3. The van der Waals surface area contributed by atoms with Crippen LogP contribution in [0.15, 0.2) is 64.6 Å². The second-order valence-corrected chi connectivity index (χ2v) is 7.46. The fourth-order valence-electron chi connectivity index (χ4n) is 2.58. The number of amides is 1. The van der Waals surface area contributed by atoms with Crippen molar-refractivity contribution in [2.24, 2.45) is 0 Å². The minimum Gasteiger partial charge on any atom is -0.466 e. The average Bonchev–Trinajstić information content (AvgIpc) is 3.40. The molecule has 3 heterocycles. The van der Waals surface area contributed by atoms with Gasteiger partial charge in [0.25, 0.3) is 5.91 Å². The monoisotopic (exact) mass is 370 g/mol. The van der Waals surface area contributed by atoms with Gasteiger partial charge in [0.2, 0.25) is 0 Å². The first kappa shape index (κ1) is 16.0. The molecule has 0 aliphatic heterocycles. The third-order valence-corrected chi connectivity index (χ3v) is 5.91. The van der Waals surface area contributed by atoms with E-state index in [-0.39, 0.29) is 12.5 Å². The number of rotatable bonds is 5. The molecule has 0 aliphatic carbocycles. The van der Waals surface area contributed by atoms with Gasteiger partial charge in [0.1, 0.15) is 5.76 Å². The zero-order valence-corrected chi connectivity index (χ0v) is 14.6. The van der Waals surface area contributed by atoms with Gasteiger partial charge in [0.15, 0.2) is 10.6 Å². The highest BCUT2D eigenvalue weighted by Crippen LogP contribution is 2.32. The Balaban J connectivity index is 1.58. The summed E-state index contributed by atoms with van der Waals surface area (Å²) < 4.78 is 6.35. The molecule has 7 heteroatoms. The Bertz CT molecular complexity index is 923. The predicted octanol–water partition coefficient (Wildman–Crippen LogP) is 3.62. The normalized spacial score (nSPS) is 13.6. The minimum atomic E-state index is -1.41. The lowest BCUT2D eigenvalue weighted by molar-refractivity contribution is 0.0554. The number of thiophene rings is 1. The molecule has 0 saturated carbocycles. The molecule has 126 valence electrons. The Hall–Kier alpha value is -2.48. The number of aliphatic hydroxyl groups is 1. The summed E-state index contributed by atoms with van der Waals surface area (Å²) in [6.07, 6.45) is 1.50. The van der Waals surface area contributed by atoms with Gasteiger partial charge in [0.05, 0.1) is 23.0 Å². The maximum Gasteiger partial charge on any atom is 0.280 e. The van der Waals surface area contributed by atoms with Crippen LogP contribution in [0.3, 0.4) is 0 Å². The van der Waals surface area contributed by atoms with Crippen LogP contribution in [-0.4, -0.2) is 22.5 Å². The number of carbonyl (C=O) groups is 1. The Morgan fingerprint density at radius 3 is 2.80 bits per heavy atom. The number of fused-ring (bicyclic) bond motifs is 1. The first-order valence-electron chi connectivity index (χ1n) is 7.61. The quantitative estimate of drug-likeness (QED) is 0.563. The van der Waals surface area contributed by atoms with E-state index in [0.717, 1.165) is 10.2 Å². The fraction of sp³-hybridized carbons (Fsp3) is 0.111. The standard InChI is InChI=1S/C18H14N2O3S2/c21-16(17-20-12-5-1-2-6-13(12)25-17)19-11-18(22,14-7-3-9-23-14)15-8-4-10-24-15/h1-10,22H,11H2,(H,19,21)/t18-/m1/s1. The van der Waals surface area contributed by atoms with Gasteiger partial charge in [-0.1, -0.05) is 18.2 Å². The molecule has 1 atom stereocenters. The van der Waals surface area contributed by atoms with Crippen LogP contribution in [0.2, 0.25) is 0 Å². The van der Waals surface area contributed by atoms with Crippen LogP contribution in [-0.2, 0) is 5.60 Å². The molecule has 2 N–H and O–H groups in total. The first-order valence-corrected chi connectivity index (χ1v) is 9.30. The second-order valence-electron chi connectivity index (χ2n) is 5.48. The maximum absolute atomic E-state index is 12.5. The molecular weight excluding hydrogens is 356 g/mol. The number of aromatic nitrogens is 1. The number of para-hydroxylation sites is 1. The van der Waals surface area contributed by atoms with Gasteiger partial charge in [0, 0.05) is 4.88 Å². The average molecular weight is 370 g/mol. The zero-order valence-electron chi connectivity index (χ0n) is 13.0. The summed E-state index contributed by atoms with van der Waals surface area (Å²) >= 11 is 2.73. The molecule has 3 aromatic heterocycles. The number of nitrogens with zero attached hydrogens (tertiary/aromatic N) is 1. The molecule has 4 rings (SSSR count). The van der Waals surface area contributed by atoms with Gasteiger partial charge in [-0.3, -0.25) is 4.79 Å². The van der Waals surface area contributed by atoms with Crippen LogP contribution < -0.4 is 5.32 Å². The number of hydrogen-bond acceptors (Lipinski definition) is 6. The van der Waals surface area contributed by atoms with Crippen molar-refractivity contribution >= 4 is 38.8 Å². The Morgan fingerprint density at radius 1 is 1.20 bits per heavy atom. The Kier molecular flexibility index (Phi) is 4.12. The van der Waals surface area contributed by atoms with Crippen LogP contribution in [0, 0.1) is 0 Å². The van der Waals surface area contributed by atoms with E-state index in [1.54, 1.807) is 12.1 Å². The van der Waals surface area contributed by atoms with Crippen LogP contribution in [0.4, 0.5) is 0 Å². The number of furan rings is 1. The van der Waals surface area contributed by atoms with Crippen molar-refractivity contribution in [3.63, 3.8) is 0 Å². The summed E-state index contributed by atoms with van der Waals surface area (Å²) in [4.78, 5) is 17.5. The smallest absolute Gasteiger partial charge is 0.280 e. The van der Waals surface area contributed by atoms with E-state index in [0.29, 0.717) is 15.6 Å². The lowest BCUT2D eigenvalue weighted by Gasteiger charge is -2.25. The lowest BCUT2D eigenvalue weighted by atomic mass is 9.98. The summed E-state index contributed by atoms with van der Waals surface area (Å²) in [5.74, 6) is 0.0716. The van der Waals surface area contributed by atoms with Gasteiger partial charge in [-0.25, -0.2) is 4.98 Å². The maximum atomic E-state index is 12.5. The van der Waals surface area contributed by atoms with Crippen molar-refractivity contribution < 1.29 is 14.3 Å². The van der Waals surface area contributed by atoms with Crippen LogP contribution in [0.5, 0.6) is 0 Å². The van der Waals surface area contributed by atoms with Crippen molar-refractivity contribution in [2.45, 2.75) is 5.60 Å². The molecule has 0 unspecified atom stereocenters. The van der Waals surface area contributed by atoms with E-state index >= 15 is 0 Å². The molecular formula is C18H14N2O3S2. The minimum absolute atomic E-state index is 0.00418. The van der Waals surface area contributed by atoms with Crippen molar-refractivity contribution in [3.8, 4) is 0 Å². The van der Waals surface area contributed by atoms with Crippen LogP contribution in [0.25, 0.3) is 10.2 Å². The topological polar surface area (TPSA) is 75.4 Å². The highest BCUT2D eigenvalue weighted by molar-refractivity contribution is 7.20. The first-order chi connectivity index (χ1) is 12.2. The highest BCUT2D eigenvalue weighted by atomic mass is 32.1. The molecule has 0 spiro atoms. The molecule has 0 fully saturated rings. The summed E-state index contributed by atoms with van der Waals surface area (Å²) in [7, 11) is 0. The number of hydrogen-bond donors (Lipinski definition) is 2. The van der Waals surface area contributed by atoms with Crippen molar-refractivity contribution in [1.82, 2.24) is 10.3 Å². The predicted molar refractivity (Wildman–Crippen MR) is 98.0 cm³/mol. The van der Waals surface area contributed by atoms with E-state index in [9.17, 15) is 9.90 Å². The molecule has 4 aromatic rings. The molecule has 0 bridgehead atoms. The van der Waals surface area contributed by atoms with E-state index in [4.69, 9.17) is 4.42 Å². The highest BCUT2D eigenvalue weighted by Gasteiger charge is 2.36. The summed E-state index contributed by atoms with van der Waals surface area (Å²) in [5, 5.41) is 16.2. The summed E-state index contributed by atoms with van der Waals surface area (Å²) in [5.41, 5.74) is -0.624. The second kappa shape index (κ2) is 6.44. The Morgan fingerprint density at radius 2 is 2.08 bits per heavy atom. The van der Waals surface area contributed by atoms with E-state index in [1.165, 1.54) is 28.9 Å². The third kappa shape index (κ3) is 2.97. The fourth-order valence-corrected chi connectivity index (χ4v) is 4.29. The van der Waals surface area contributed by atoms with Crippen LogP contribution >= 0.6 is 22.7 Å². The molecule has 0 aliphatic rings. The third-order valence-electron chi connectivity index (χ3n) is 3.85. The molecule has 1 aromatic carbocycles. The van der Waals surface area contributed by atoms with Gasteiger partial charge in [-0.2, -0.15) is 0 Å². The lowest BCUT2D eigenvalue weighted by Crippen LogP contribution is -2.41. The van der Waals surface area contributed by atoms with Crippen molar-refractivity contribution in [1.29, 1.82) is 0 Å². The molecule has 0 radical (unpaired) electrons. The van der Waals surface area contributed by atoms with Crippen molar-refractivity contribution in [3.05, 3.63) is 75.8 Å². The van der Waals surface area contributed by atoms with Crippen molar-refractivity contribution in [2.75, 3.05) is 6.54 Å². The number of thiazole rings is 1. The number of benzene rings is 1. The van der Waals surface area contributed by atoms with Gasteiger partial charge in [-0.05, 0) is 35.7 Å². The Labute approximate surface area is 151 Å². The van der Waals surface area contributed by atoms with E-state index in [2.05, 4.69) is 10.3 Å². The molecule has 25 heavy (non-hydrogen) atoms. The van der Waals surface area contributed by atoms with E-state index < -0.39 is 5.60 Å². The number of nitrogens with one attached hydrogen (secondary N) is 1. The molecule has 5 nitrogen and oxygen atoms in total. The molecule has 0 saturated heterocycles. The van der Waals surface area contributed by atoms with Gasteiger partial charge in [-0.15, -0.1) is 22.7 Å². The van der Waals surface area contributed by atoms with E-state index in [1.807, 2.05) is 41.8 Å².